The lowest BCUT2D eigenvalue weighted by Gasteiger charge is -2.34. The van der Waals surface area contributed by atoms with Crippen molar-refractivity contribution in [3.8, 4) is 0 Å². The molecule has 6 heteroatoms. The van der Waals surface area contributed by atoms with E-state index in [4.69, 9.17) is 16.7 Å². The molecule has 0 saturated carbocycles. The fourth-order valence-electron chi connectivity index (χ4n) is 2.24. The molecular formula is C13H19ClN2O2S. The number of aliphatic hydroxyl groups is 1. The summed E-state index contributed by atoms with van der Waals surface area (Å²) < 4.78 is 0.778. The van der Waals surface area contributed by atoms with Gasteiger partial charge in [0.2, 0.25) is 5.91 Å². The number of halogens is 1. The Labute approximate surface area is 122 Å². The lowest BCUT2D eigenvalue weighted by Crippen LogP contribution is -2.49. The fraction of sp³-hybridized carbons (Fsp3) is 0.615. The summed E-state index contributed by atoms with van der Waals surface area (Å²) in [5.41, 5.74) is 0. The largest absolute Gasteiger partial charge is 0.395 e. The maximum atomic E-state index is 12.1. The molecule has 0 spiro atoms. The molecule has 2 heterocycles. The Hall–Kier alpha value is -0.620. The Balaban J connectivity index is 1.72. The molecule has 0 bridgehead atoms. The molecule has 1 aromatic rings. The van der Waals surface area contributed by atoms with Crippen molar-refractivity contribution in [2.45, 2.75) is 12.8 Å². The number of aliphatic hydroxyl groups excluding tert-OH is 1. The Morgan fingerprint density at radius 1 is 1.32 bits per heavy atom. The van der Waals surface area contributed by atoms with Crippen LogP contribution in [0.1, 0.15) is 11.3 Å². The molecule has 1 fully saturated rings. The standard InChI is InChI=1S/C13H19ClN2O2S/c14-12-3-1-11(19-12)2-4-13(18)16-7-5-15(6-8-16)9-10-17/h1,3,17H,2,4-10H2. The molecule has 1 aromatic heterocycles. The average molecular weight is 303 g/mol. The van der Waals surface area contributed by atoms with Gasteiger partial charge in [0.15, 0.2) is 0 Å². The highest BCUT2D eigenvalue weighted by Gasteiger charge is 2.20. The monoisotopic (exact) mass is 302 g/mol. The predicted octanol–water partition coefficient (Wildman–Crippen LogP) is 1.47. The van der Waals surface area contributed by atoms with Gasteiger partial charge in [-0.15, -0.1) is 11.3 Å². The van der Waals surface area contributed by atoms with Crippen molar-refractivity contribution in [2.75, 3.05) is 39.3 Å². The van der Waals surface area contributed by atoms with Crippen LogP contribution in [0.15, 0.2) is 12.1 Å². The number of amides is 1. The Kier molecular flexibility index (Phi) is 5.63. The summed E-state index contributed by atoms with van der Waals surface area (Å²) in [6.07, 6.45) is 1.32. The van der Waals surface area contributed by atoms with Gasteiger partial charge in [-0.25, -0.2) is 0 Å². The predicted molar refractivity (Wildman–Crippen MR) is 77.8 cm³/mol. The second kappa shape index (κ2) is 7.24. The molecule has 1 N–H and O–H groups in total. The van der Waals surface area contributed by atoms with Crippen LogP contribution in [0.3, 0.4) is 0 Å². The normalized spacial score (nSPS) is 16.8. The van der Waals surface area contributed by atoms with E-state index in [1.807, 2.05) is 17.0 Å². The minimum atomic E-state index is 0.188. The highest BCUT2D eigenvalue weighted by Crippen LogP contribution is 2.22. The van der Waals surface area contributed by atoms with Gasteiger partial charge in [0.1, 0.15) is 0 Å². The molecule has 1 aliphatic rings. The zero-order valence-electron chi connectivity index (χ0n) is 10.8. The summed E-state index contributed by atoms with van der Waals surface area (Å²) in [5.74, 6) is 0.216. The molecule has 0 aromatic carbocycles. The van der Waals surface area contributed by atoms with E-state index in [-0.39, 0.29) is 12.5 Å². The topological polar surface area (TPSA) is 43.8 Å². The molecule has 0 radical (unpaired) electrons. The zero-order chi connectivity index (χ0) is 13.7. The van der Waals surface area contributed by atoms with E-state index in [2.05, 4.69) is 4.90 Å². The van der Waals surface area contributed by atoms with Gasteiger partial charge in [-0.3, -0.25) is 9.69 Å². The molecule has 1 saturated heterocycles. The Morgan fingerprint density at radius 3 is 2.63 bits per heavy atom. The minimum absolute atomic E-state index is 0.188. The van der Waals surface area contributed by atoms with Crippen molar-refractivity contribution < 1.29 is 9.90 Å². The third kappa shape index (κ3) is 4.45. The molecule has 19 heavy (non-hydrogen) atoms. The number of carbonyl (C=O) groups excluding carboxylic acids is 1. The number of rotatable bonds is 5. The maximum absolute atomic E-state index is 12.1. The van der Waals surface area contributed by atoms with Crippen molar-refractivity contribution in [3.63, 3.8) is 0 Å². The van der Waals surface area contributed by atoms with E-state index >= 15 is 0 Å². The first-order valence-corrected chi connectivity index (χ1v) is 7.73. The first-order valence-electron chi connectivity index (χ1n) is 6.54. The molecule has 2 rings (SSSR count). The third-order valence-corrected chi connectivity index (χ3v) is 4.65. The van der Waals surface area contributed by atoms with E-state index < -0.39 is 0 Å². The van der Waals surface area contributed by atoms with Crippen molar-refractivity contribution in [1.82, 2.24) is 9.80 Å². The molecule has 0 unspecified atom stereocenters. The van der Waals surface area contributed by atoms with Crippen LogP contribution in [-0.4, -0.2) is 60.1 Å². The summed E-state index contributed by atoms with van der Waals surface area (Å²) in [7, 11) is 0. The SMILES string of the molecule is O=C(CCc1ccc(Cl)s1)N1CCN(CCO)CC1. The summed E-state index contributed by atoms with van der Waals surface area (Å²) >= 11 is 7.41. The number of hydrogen-bond donors (Lipinski definition) is 1. The molecule has 1 amide bonds. The van der Waals surface area contributed by atoms with Crippen molar-refractivity contribution >= 4 is 28.8 Å². The molecule has 0 aliphatic carbocycles. The van der Waals surface area contributed by atoms with Crippen LogP contribution in [0.5, 0.6) is 0 Å². The number of thiophene rings is 1. The maximum Gasteiger partial charge on any atom is 0.223 e. The molecular weight excluding hydrogens is 284 g/mol. The third-order valence-electron chi connectivity index (χ3n) is 3.36. The number of piperazine rings is 1. The molecule has 0 atom stereocenters. The Morgan fingerprint density at radius 2 is 2.05 bits per heavy atom. The molecule has 1 aliphatic heterocycles. The minimum Gasteiger partial charge on any atom is -0.395 e. The first kappa shape index (κ1) is 14.8. The van der Waals surface area contributed by atoms with Crippen LogP contribution in [0, 0.1) is 0 Å². The van der Waals surface area contributed by atoms with E-state index in [1.165, 1.54) is 0 Å². The molecule has 106 valence electrons. The summed E-state index contributed by atoms with van der Waals surface area (Å²) in [6, 6.07) is 3.86. The van der Waals surface area contributed by atoms with Crippen LogP contribution in [0.25, 0.3) is 0 Å². The van der Waals surface area contributed by atoms with E-state index in [9.17, 15) is 4.79 Å². The smallest absolute Gasteiger partial charge is 0.223 e. The van der Waals surface area contributed by atoms with Crippen LogP contribution in [-0.2, 0) is 11.2 Å². The van der Waals surface area contributed by atoms with Gasteiger partial charge in [0.05, 0.1) is 10.9 Å². The van der Waals surface area contributed by atoms with Gasteiger partial charge >= 0.3 is 0 Å². The highest BCUT2D eigenvalue weighted by atomic mass is 35.5. The van der Waals surface area contributed by atoms with Crippen LogP contribution in [0.4, 0.5) is 0 Å². The van der Waals surface area contributed by atoms with Gasteiger partial charge in [-0.05, 0) is 18.6 Å². The van der Waals surface area contributed by atoms with Crippen molar-refractivity contribution in [3.05, 3.63) is 21.3 Å². The Bertz CT molecular complexity index is 417. The highest BCUT2D eigenvalue weighted by molar-refractivity contribution is 7.16. The average Bonchev–Trinajstić information content (AvgIpc) is 2.83. The van der Waals surface area contributed by atoms with Crippen molar-refractivity contribution in [2.24, 2.45) is 0 Å². The number of hydrogen-bond acceptors (Lipinski definition) is 4. The van der Waals surface area contributed by atoms with Gasteiger partial charge in [-0.1, -0.05) is 11.6 Å². The quantitative estimate of drug-likeness (QED) is 0.896. The second-order valence-corrected chi connectivity index (χ2v) is 6.45. The lowest BCUT2D eigenvalue weighted by atomic mass is 10.2. The van der Waals surface area contributed by atoms with E-state index in [1.54, 1.807) is 11.3 Å². The van der Waals surface area contributed by atoms with Gasteiger partial charge in [0, 0.05) is 44.0 Å². The zero-order valence-corrected chi connectivity index (χ0v) is 12.4. The van der Waals surface area contributed by atoms with E-state index in [0.29, 0.717) is 13.0 Å². The number of carbonyl (C=O) groups is 1. The van der Waals surface area contributed by atoms with Gasteiger partial charge in [-0.2, -0.15) is 0 Å². The number of nitrogens with zero attached hydrogens (tertiary/aromatic N) is 2. The van der Waals surface area contributed by atoms with Crippen LogP contribution < -0.4 is 0 Å². The summed E-state index contributed by atoms with van der Waals surface area (Å²) in [5, 5.41) is 8.87. The van der Waals surface area contributed by atoms with Crippen molar-refractivity contribution in [1.29, 1.82) is 0 Å². The van der Waals surface area contributed by atoms with Crippen LogP contribution in [0.2, 0.25) is 4.34 Å². The summed E-state index contributed by atoms with van der Waals surface area (Å²) in [6.45, 7) is 4.14. The number of β-amino-alcohol motifs (C(OH)–C–C–N with tert-alkyl or cyclic N) is 1. The van der Waals surface area contributed by atoms with Crippen LogP contribution >= 0.6 is 22.9 Å². The van der Waals surface area contributed by atoms with E-state index in [0.717, 1.165) is 41.8 Å². The lowest BCUT2D eigenvalue weighted by molar-refractivity contribution is -0.132. The summed E-state index contributed by atoms with van der Waals surface area (Å²) in [4.78, 5) is 17.3. The van der Waals surface area contributed by atoms with Gasteiger partial charge < -0.3 is 10.0 Å². The first-order chi connectivity index (χ1) is 9.19. The second-order valence-electron chi connectivity index (χ2n) is 4.65. The van der Waals surface area contributed by atoms with Gasteiger partial charge in [0.25, 0.3) is 0 Å². The fourth-order valence-corrected chi connectivity index (χ4v) is 3.32. The number of aryl methyl sites for hydroxylation is 1. The molecule has 4 nitrogen and oxygen atoms in total.